The van der Waals surface area contributed by atoms with Gasteiger partial charge in [-0.1, -0.05) is 0 Å². The van der Waals surface area contributed by atoms with Crippen molar-refractivity contribution in [3.8, 4) is 11.5 Å². The van der Waals surface area contributed by atoms with E-state index in [9.17, 15) is 9.18 Å². The Hall–Kier alpha value is -3.15. The van der Waals surface area contributed by atoms with Crippen molar-refractivity contribution in [2.24, 2.45) is 10.7 Å². The van der Waals surface area contributed by atoms with Gasteiger partial charge in [0, 0.05) is 19.2 Å². The number of nitrogens with two attached hydrogens (primary N) is 1. The molecule has 1 amide bonds. The Labute approximate surface area is 138 Å². The van der Waals surface area contributed by atoms with E-state index in [1.807, 2.05) is 24.1 Å². The van der Waals surface area contributed by atoms with Crippen molar-refractivity contribution >= 4 is 11.7 Å². The maximum absolute atomic E-state index is 12.9. The Morgan fingerprint density at radius 3 is 2.29 bits per heavy atom. The van der Waals surface area contributed by atoms with Crippen LogP contribution in [0.4, 0.5) is 4.39 Å². The molecule has 3 rings (SSSR count). The first-order valence-corrected chi connectivity index (χ1v) is 7.36. The number of aliphatic imine (C=N–C) groups is 1. The molecule has 0 bridgehead atoms. The number of ether oxygens (including phenoxy) is 1. The summed E-state index contributed by atoms with van der Waals surface area (Å²) in [6, 6.07) is 13.1. The Kier molecular flexibility index (Phi) is 4.29. The highest BCUT2D eigenvalue weighted by Gasteiger charge is 2.17. The minimum Gasteiger partial charge on any atom is -0.457 e. The first-order chi connectivity index (χ1) is 11.5. The van der Waals surface area contributed by atoms with Gasteiger partial charge in [-0.25, -0.2) is 9.38 Å². The summed E-state index contributed by atoms with van der Waals surface area (Å²) in [5.74, 6) is 0.983. The van der Waals surface area contributed by atoms with Crippen LogP contribution >= 0.6 is 0 Å². The van der Waals surface area contributed by atoms with Gasteiger partial charge < -0.3 is 15.4 Å². The van der Waals surface area contributed by atoms with Crippen molar-refractivity contribution < 1.29 is 13.9 Å². The van der Waals surface area contributed by atoms with Gasteiger partial charge in [0.2, 0.25) is 0 Å². The molecule has 0 radical (unpaired) electrons. The average molecular weight is 325 g/mol. The lowest BCUT2D eigenvalue weighted by atomic mass is 10.1. The standard InChI is InChI=1S/C18H16FN3O2/c1-22-11-10-16(17(20)23)21-18(22)12-2-6-14(7-3-12)24-15-8-4-13(19)5-9-15/h2-10H,11H2,1H3,(H2,20,23). The quantitative estimate of drug-likeness (QED) is 0.940. The number of carbonyl (C=O) groups is 1. The number of halogens is 1. The summed E-state index contributed by atoms with van der Waals surface area (Å²) in [6.45, 7) is 0.560. The molecule has 0 unspecified atom stereocenters. The molecule has 0 fully saturated rings. The molecule has 0 saturated carbocycles. The highest BCUT2D eigenvalue weighted by molar-refractivity contribution is 6.04. The molecular formula is C18H16FN3O2. The van der Waals surface area contributed by atoms with Crippen LogP contribution in [0.25, 0.3) is 0 Å². The normalized spacial score (nSPS) is 14.0. The van der Waals surface area contributed by atoms with Crippen LogP contribution < -0.4 is 10.5 Å². The molecule has 24 heavy (non-hydrogen) atoms. The zero-order valence-corrected chi connectivity index (χ0v) is 13.1. The topological polar surface area (TPSA) is 67.9 Å². The monoisotopic (exact) mass is 325 g/mol. The third-order valence-corrected chi connectivity index (χ3v) is 3.56. The first-order valence-electron chi connectivity index (χ1n) is 7.36. The third-order valence-electron chi connectivity index (χ3n) is 3.56. The van der Waals surface area contributed by atoms with Gasteiger partial charge in [-0.2, -0.15) is 0 Å². The number of nitrogens with zero attached hydrogens (tertiary/aromatic N) is 2. The number of likely N-dealkylation sites (N-methyl/N-ethyl adjacent to an activating group) is 1. The number of amidine groups is 1. The Bertz CT molecular complexity index is 811. The van der Waals surface area contributed by atoms with E-state index in [2.05, 4.69) is 4.99 Å². The molecule has 2 aromatic rings. The van der Waals surface area contributed by atoms with Gasteiger partial charge in [-0.15, -0.1) is 0 Å². The summed E-state index contributed by atoms with van der Waals surface area (Å²) in [5, 5.41) is 0. The van der Waals surface area contributed by atoms with Crippen molar-refractivity contribution in [3.63, 3.8) is 0 Å². The fraction of sp³-hybridized carbons (Fsp3) is 0.111. The summed E-state index contributed by atoms with van der Waals surface area (Å²) >= 11 is 0. The van der Waals surface area contributed by atoms with Crippen LogP contribution in [0, 0.1) is 5.82 Å². The molecule has 5 nitrogen and oxygen atoms in total. The minimum atomic E-state index is -0.545. The molecule has 2 N–H and O–H groups in total. The van der Waals surface area contributed by atoms with Crippen LogP contribution in [0.3, 0.4) is 0 Å². The second-order valence-corrected chi connectivity index (χ2v) is 5.35. The van der Waals surface area contributed by atoms with Crippen LogP contribution in [-0.4, -0.2) is 30.2 Å². The van der Waals surface area contributed by atoms with E-state index in [1.54, 1.807) is 30.3 Å². The summed E-state index contributed by atoms with van der Waals surface area (Å²) in [7, 11) is 1.88. The van der Waals surface area contributed by atoms with Gasteiger partial charge in [0.05, 0.1) is 0 Å². The Morgan fingerprint density at radius 2 is 1.71 bits per heavy atom. The van der Waals surface area contributed by atoms with Gasteiger partial charge in [0.25, 0.3) is 5.91 Å². The van der Waals surface area contributed by atoms with Crippen LogP contribution in [-0.2, 0) is 4.79 Å². The fourth-order valence-corrected chi connectivity index (χ4v) is 2.31. The molecule has 122 valence electrons. The number of rotatable bonds is 4. The van der Waals surface area contributed by atoms with Gasteiger partial charge in [-0.05, 0) is 54.6 Å². The van der Waals surface area contributed by atoms with E-state index in [0.717, 1.165) is 5.56 Å². The smallest absolute Gasteiger partial charge is 0.267 e. The van der Waals surface area contributed by atoms with Crippen LogP contribution in [0.15, 0.2) is 65.3 Å². The van der Waals surface area contributed by atoms with Gasteiger partial charge >= 0.3 is 0 Å². The summed E-state index contributed by atoms with van der Waals surface area (Å²) < 4.78 is 18.6. The second kappa shape index (κ2) is 6.54. The van der Waals surface area contributed by atoms with Crippen molar-refractivity contribution in [3.05, 3.63) is 71.7 Å². The largest absolute Gasteiger partial charge is 0.457 e. The van der Waals surface area contributed by atoms with E-state index in [-0.39, 0.29) is 11.5 Å². The van der Waals surface area contributed by atoms with E-state index >= 15 is 0 Å². The van der Waals surface area contributed by atoms with Crippen LogP contribution in [0.2, 0.25) is 0 Å². The van der Waals surface area contributed by atoms with Crippen molar-refractivity contribution in [2.75, 3.05) is 13.6 Å². The first kappa shape index (κ1) is 15.7. The zero-order valence-electron chi connectivity index (χ0n) is 13.1. The number of primary amides is 1. The zero-order chi connectivity index (χ0) is 17.1. The third kappa shape index (κ3) is 3.43. The molecule has 0 spiro atoms. The molecule has 1 heterocycles. The molecule has 6 heteroatoms. The van der Waals surface area contributed by atoms with Gasteiger partial charge in [-0.3, -0.25) is 4.79 Å². The highest BCUT2D eigenvalue weighted by Crippen LogP contribution is 2.23. The Balaban J connectivity index is 1.80. The number of amides is 1. The van der Waals surface area contributed by atoms with E-state index in [1.165, 1.54) is 12.1 Å². The molecule has 0 aromatic heterocycles. The summed E-state index contributed by atoms with van der Waals surface area (Å²) in [6.07, 6.45) is 1.69. The van der Waals surface area contributed by atoms with Crippen molar-refractivity contribution in [2.45, 2.75) is 0 Å². The average Bonchev–Trinajstić information content (AvgIpc) is 2.58. The van der Waals surface area contributed by atoms with Crippen LogP contribution in [0.5, 0.6) is 11.5 Å². The highest BCUT2D eigenvalue weighted by atomic mass is 19.1. The minimum absolute atomic E-state index is 0.259. The number of carbonyl (C=O) groups excluding carboxylic acids is 1. The Morgan fingerprint density at radius 1 is 1.12 bits per heavy atom. The molecule has 1 aliphatic heterocycles. The predicted octanol–water partition coefficient (Wildman–Crippen LogP) is 2.68. The maximum atomic E-state index is 12.9. The predicted molar refractivity (Wildman–Crippen MR) is 89.4 cm³/mol. The summed E-state index contributed by atoms with van der Waals surface area (Å²) in [5.41, 5.74) is 6.40. The number of benzene rings is 2. The summed E-state index contributed by atoms with van der Waals surface area (Å²) in [4.78, 5) is 17.5. The van der Waals surface area contributed by atoms with Crippen molar-refractivity contribution in [1.29, 1.82) is 0 Å². The number of hydrogen-bond acceptors (Lipinski definition) is 4. The fourth-order valence-electron chi connectivity index (χ4n) is 2.31. The second-order valence-electron chi connectivity index (χ2n) is 5.35. The molecular weight excluding hydrogens is 309 g/mol. The van der Waals surface area contributed by atoms with E-state index in [4.69, 9.17) is 10.5 Å². The maximum Gasteiger partial charge on any atom is 0.267 e. The van der Waals surface area contributed by atoms with Crippen molar-refractivity contribution in [1.82, 2.24) is 4.90 Å². The number of hydrogen-bond donors (Lipinski definition) is 1. The molecule has 0 atom stereocenters. The van der Waals surface area contributed by atoms with E-state index in [0.29, 0.717) is 23.9 Å². The van der Waals surface area contributed by atoms with Gasteiger partial charge in [0.1, 0.15) is 28.8 Å². The van der Waals surface area contributed by atoms with Crippen LogP contribution in [0.1, 0.15) is 5.56 Å². The molecule has 0 aliphatic carbocycles. The lowest BCUT2D eigenvalue weighted by Gasteiger charge is -2.24. The molecule has 2 aromatic carbocycles. The lowest BCUT2D eigenvalue weighted by Crippen LogP contribution is -2.32. The lowest BCUT2D eigenvalue weighted by molar-refractivity contribution is -0.114. The molecule has 0 saturated heterocycles. The molecule has 1 aliphatic rings. The van der Waals surface area contributed by atoms with Gasteiger partial charge in [0.15, 0.2) is 0 Å². The SMILES string of the molecule is CN1CC=C(C(N)=O)N=C1c1ccc(Oc2ccc(F)cc2)cc1. The van der Waals surface area contributed by atoms with E-state index < -0.39 is 5.91 Å².